The molecule has 4 unspecified atom stereocenters. The summed E-state index contributed by atoms with van der Waals surface area (Å²) in [4.78, 5) is 41.1. The van der Waals surface area contributed by atoms with Crippen molar-refractivity contribution < 1.29 is 19.5 Å². The van der Waals surface area contributed by atoms with Crippen molar-refractivity contribution in [1.29, 1.82) is 0 Å². The van der Waals surface area contributed by atoms with Crippen molar-refractivity contribution in [3.63, 3.8) is 0 Å². The Balaban J connectivity index is 1.79. The first-order valence-corrected chi connectivity index (χ1v) is 13.0. The van der Waals surface area contributed by atoms with Crippen LogP contribution in [0.5, 0.6) is 0 Å². The zero-order valence-electron chi connectivity index (χ0n) is 22.3. The highest BCUT2D eigenvalue weighted by atomic mass is 35.5. The predicted octanol–water partition coefficient (Wildman–Crippen LogP) is 5.89. The largest absolute Gasteiger partial charge is 0.389 e. The summed E-state index contributed by atoms with van der Waals surface area (Å²) >= 11 is 6.14. The molecule has 198 valence electrons. The minimum absolute atomic E-state index is 0.327. The van der Waals surface area contributed by atoms with Crippen molar-refractivity contribution in [1.82, 2.24) is 0 Å². The second-order valence-corrected chi connectivity index (χ2v) is 11.1. The maximum absolute atomic E-state index is 13.9. The molecule has 2 amide bonds. The van der Waals surface area contributed by atoms with E-state index in [1.165, 1.54) is 6.92 Å². The summed E-state index contributed by atoms with van der Waals surface area (Å²) in [5.74, 6) is -4.59. The molecule has 3 aromatic rings. The SMILES string of the molecule is Cc1ccc(C)c(NC(=O)C2C(=O)CC(C)(O)C(C(=O)Nc3cc(C)ccc3C)C2c2ccc(Cl)cc2)c1. The Morgan fingerprint density at radius 3 is 1.87 bits per heavy atom. The Morgan fingerprint density at radius 2 is 1.34 bits per heavy atom. The fraction of sp³-hybridized carbons (Fsp3) is 0.323. The number of nitrogens with one attached hydrogen (secondary N) is 2. The van der Waals surface area contributed by atoms with Crippen LogP contribution in [0, 0.1) is 39.5 Å². The lowest BCUT2D eigenvalue weighted by Gasteiger charge is -2.44. The van der Waals surface area contributed by atoms with Gasteiger partial charge in [-0.3, -0.25) is 14.4 Å². The van der Waals surface area contributed by atoms with Gasteiger partial charge in [0.25, 0.3) is 0 Å². The average Bonchev–Trinajstić information content (AvgIpc) is 2.83. The highest BCUT2D eigenvalue weighted by molar-refractivity contribution is 6.30. The van der Waals surface area contributed by atoms with E-state index in [1.807, 2.05) is 64.1 Å². The molecule has 1 saturated carbocycles. The summed E-state index contributed by atoms with van der Waals surface area (Å²) in [6.07, 6.45) is -0.327. The van der Waals surface area contributed by atoms with Crippen LogP contribution >= 0.6 is 11.6 Å². The normalized spacial score (nSPS) is 23.1. The van der Waals surface area contributed by atoms with Gasteiger partial charge in [0.2, 0.25) is 11.8 Å². The van der Waals surface area contributed by atoms with Crippen LogP contribution in [0.3, 0.4) is 0 Å². The number of aryl methyl sites for hydroxylation is 4. The maximum Gasteiger partial charge on any atom is 0.235 e. The molecule has 0 aliphatic heterocycles. The number of aliphatic hydroxyl groups is 1. The smallest absolute Gasteiger partial charge is 0.235 e. The van der Waals surface area contributed by atoms with Gasteiger partial charge in [-0.15, -0.1) is 0 Å². The zero-order valence-corrected chi connectivity index (χ0v) is 23.0. The Hall–Kier alpha value is -3.48. The molecule has 38 heavy (non-hydrogen) atoms. The van der Waals surface area contributed by atoms with Crippen molar-refractivity contribution in [3.8, 4) is 0 Å². The molecule has 4 atom stereocenters. The van der Waals surface area contributed by atoms with Crippen molar-refractivity contribution in [2.45, 2.75) is 52.6 Å². The highest BCUT2D eigenvalue weighted by Gasteiger charge is 2.56. The fourth-order valence-corrected chi connectivity index (χ4v) is 5.46. The third-order valence-electron chi connectivity index (χ3n) is 7.39. The summed E-state index contributed by atoms with van der Waals surface area (Å²) in [5, 5.41) is 17.9. The Kier molecular flexibility index (Phi) is 7.77. The second kappa shape index (κ2) is 10.7. The molecule has 1 aliphatic carbocycles. The molecule has 7 heteroatoms. The van der Waals surface area contributed by atoms with Crippen LogP contribution in [0.15, 0.2) is 60.7 Å². The van der Waals surface area contributed by atoms with Crippen LogP contribution in [-0.2, 0) is 14.4 Å². The Bertz CT molecular complexity index is 1400. The molecule has 4 rings (SSSR count). The molecule has 0 saturated heterocycles. The van der Waals surface area contributed by atoms with Crippen LogP contribution in [0.2, 0.25) is 5.02 Å². The van der Waals surface area contributed by atoms with E-state index in [2.05, 4.69) is 10.6 Å². The van der Waals surface area contributed by atoms with Crippen molar-refractivity contribution in [2.24, 2.45) is 11.8 Å². The van der Waals surface area contributed by atoms with Crippen LogP contribution < -0.4 is 10.6 Å². The van der Waals surface area contributed by atoms with E-state index in [0.29, 0.717) is 22.0 Å². The standard InChI is InChI=1S/C31H33ClN2O4/c1-17-6-8-19(3)23(14-17)33-29(36)27-25(35)16-31(5,38)28(26(27)21-10-12-22(32)13-11-21)30(37)34-24-15-18(2)7-9-20(24)4/h6-15,26-28,38H,16H2,1-5H3,(H,33,36)(H,34,37). The van der Waals surface area contributed by atoms with E-state index in [1.54, 1.807) is 24.3 Å². The van der Waals surface area contributed by atoms with Crippen LogP contribution in [0.1, 0.15) is 47.1 Å². The predicted molar refractivity (Wildman–Crippen MR) is 151 cm³/mol. The molecule has 6 nitrogen and oxygen atoms in total. The third-order valence-corrected chi connectivity index (χ3v) is 7.64. The van der Waals surface area contributed by atoms with Gasteiger partial charge in [-0.1, -0.05) is 48.0 Å². The number of rotatable bonds is 5. The number of ketones is 1. The van der Waals surface area contributed by atoms with Crippen molar-refractivity contribution >= 4 is 40.6 Å². The highest BCUT2D eigenvalue weighted by Crippen LogP contribution is 2.47. The lowest BCUT2D eigenvalue weighted by Crippen LogP contribution is -2.56. The van der Waals surface area contributed by atoms with E-state index in [4.69, 9.17) is 11.6 Å². The molecular weight excluding hydrogens is 500 g/mol. The molecule has 1 fully saturated rings. The molecule has 0 spiro atoms. The number of anilines is 2. The summed E-state index contributed by atoms with van der Waals surface area (Å²) < 4.78 is 0. The fourth-order valence-electron chi connectivity index (χ4n) is 5.34. The van der Waals surface area contributed by atoms with E-state index < -0.39 is 41.0 Å². The van der Waals surface area contributed by atoms with Crippen molar-refractivity contribution in [2.75, 3.05) is 10.6 Å². The maximum atomic E-state index is 13.9. The van der Waals surface area contributed by atoms with Gasteiger partial charge in [0, 0.05) is 28.7 Å². The quantitative estimate of drug-likeness (QED) is 0.357. The van der Waals surface area contributed by atoms with Gasteiger partial charge in [-0.25, -0.2) is 0 Å². The molecule has 0 radical (unpaired) electrons. The average molecular weight is 533 g/mol. The lowest BCUT2D eigenvalue weighted by atomic mass is 9.61. The summed E-state index contributed by atoms with van der Waals surface area (Å²) in [7, 11) is 0. The van der Waals surface area contributed by atoms with E-state index in [0.717, 1.165) is 22.3 Å². The Labute approximate surface area is 228 Å². The Morgan fingerprint density at radius 1 is 0.842 bits per heavy atom. The van der Waals surface area contributed by atoms with Gasteiger partial charge >= 0.3 is 0 Å². The molecule has 3 N–H and O–H groups in total. The van der Waals surface area contributed by atoms with Gasteiger partial charge in [0.1, 0.15) is 11.7 Å². The molecule has 0 aromatic heterocycles. The van der Waals surface area contributed by atoms with E-state index in [-0.39, 0.29) is 6.42 Å². The number of benzene rings is 3. The number of amides is 2. The van der Waals surface area contributed by atoms with Crippen molar-refractivity contribution in [3.05, 3.63) is 93.5 Å². The third kappa shape index (κ3) is 5.66. The first-order chi connectivity index (χ1) is 17.9. The number of hydrogen-bond donors (Lipinski definition) is 3. The monoisotopic (exact) mass is 532 g/mol. The molecule has 3 aromatic carbocycles. The number of hydrogen-bond acceptors (Lipinski definition) is 4. The number of halogens is 1. The molecule has 0 heterocycles. The molecule has 1 aliphatic rings. The number of Topliss-reactive ketones (excluding diaryl/α,β-unsaturated/α-hetero) is 1. The van der Waals surface area contributed by atoms with Crippen LogP contribution in [0.25, 0.3) is 0 Å². The minimum Gasteiger partial charge on any atom is -0.389 e. The van der Waals surface area contributed by atoms with E-state index >= 15 is 0 Å². The van der Waals surface area contributed by atoms with Gasteiger partial charge < -0.3 is 15.7 Å². The van der Waals surface area contributed by atoms with Gasteiger partial charge in [0.15, 0.2) is 0 Å². The first kappa shape index (κ1) is 27.6. The molecular formula is C31H33ClN2O4. The second-order valence-electron chi connectivity index (χ2n) is 10.6. The zero-order chi connectivity index (χ0) is 27.8. The first-order valence-electron chi connectivity index (χ1n) is 12.6. The summed E-state index contributed by atoms with van der Waals surface area (Å²) in [5.41, 5.74) is 3.76. The van der Waals surface area contributed by atoms with Gasteiger partial charge in [-0.2, -0.15) is 0 Å². The summed E-state index contributed by atoms with van der Waals surface area (Å²) in [6, 6.07) is 18.1. The molecule has 0 bridgehead atoms. The minimum atomic E-state index is -1.68. The number of carbonyl (C=O) groups is 3. The summed E-state index contributed by atoms with van der Waals surface area (Å²) in [6.45, 7) is 9.09. The lowest BCUT2D eigenvalue weighted by molar-refractivity contribution is -0.150. The van der Waals surface area contributed by atoms with E-state index in [9.17, 15) is 19.5 Å². The van der Waals surface area contributed by atoms with Gasteiger partial charge in [-0.05, 0) is 86.7 Å². The van der Waals surface area contributed by atoms with Gasteiger partial charge in [0.05, 0.1) is 11.5 Å². The van der Waals surface area contributed by atoms with Crippen LogP contribution in [0.4, 0.5) is 11.4 Å². The van der Waals surface area contributed by atoms with Crippen LogP contribution in [-0.4, -0.2) is 28.3 Å². The topological polar surface area (TPSA) is 95.5 Å². The number of carbonyl (C=O) groups excluding carboxylic acids is 3.